The molecule has 0 amide bonds. The summed E-state index contributed by atoms with van der Waals surface area (Å²) in [4.78, 5) is 10.8. The van der Waals surface area contributed by atoms with Gasteiger partial charge in [-0.3, -0.25) is 0 Å². The van der Waals surface area contributed by atoms with Crippen molar-refractivity contribution in [1.82, 2.24) is 0 Å². The van der Waals surface area contributed by atoms with E-state index in [1.54, 1.807) is 0 Å². The Balaban J connectivity index is 2.83. The number of rotatable bonds is 1. The summed E-state index contributed by atoms with van der Waals surface area (Å²) in [5, 5.41) is 0. The SMILES string of the molecule is CCC1OC(=O)C(Br)=C1Br. The zero-order chi connectivity index (χ0) is 7.72. The van der Waals surface area contributed by atoms with Gasteiger partial charge in [-0.1, -0.05) is 22.9 Å². The van der Waals surface area contributed by atoms with Gasteiger partial charge in [0, 0.05) is 0 Å². The van der Waals surface area contributed by atoms with Crippen LogP contribution in [0.1, 0.15) is 13.3 Å². The molecule has 10 heavy (non-hydrogen) atoms. The van der Waals surface area contributed by atoms with Gasteiger partial charge in [0.15, 0.2) is 0 Å². The van der Waals surface area contributed by atoms with Crippen molar-refractivity contribution in [3.63, 3.8) is 0 Å². The van der Waals surface area contributed by atoms with Crippen LogP contribution >= 0.6 is 31.9 Å². The molecular formula is C6H6Br2O2. The molecule has 2 nitrogen and oxygen atoms in total. The highest BCUT2D eigenvalue weighted by Crippen LogP contribution is 2.32. The Labute approximate surface area is 75.9 Å². The van der Waals surface area contributed by atoms with Crippen LogP contribution in [-0.4, -0.2) is 12.1 Å². The molecular weight excluding hydrogens is 264 g/mol. The highest BCUT2D eigenvalue weighted by Gasteiger charge is 2.29. The van der Waals surface area contributed by atoms with Gasteiger partial charge in [-0.25, -0.2) is 4.79 Å². The van der Waals surface area contributed by atoms with E-state index in [2.05, 4.69) is 31.9 Å². The lowest BCUT2D eigenvalue weighted by Gasteiger charge is -2.04. The minimum atomic E-state index is -0.279. The Morgan fingerprint density at radius 3 is 2.40 bits per heavy atom. The molecule has 1 rings (SSSR count). The van der Waals surface area contributed by atoms with Crippen molar-refractivity contribution in [1.29, 1.82) is 0 Å². The predicted octanol–water partition coefficient (Wildman–Crippen LogP) is 2.32. The molecule has 0 spiro atoms. The fourth-order valence-corrected chi connectivity index (χ4v) is 1.66. The lowest BCUT2D eigenvalue weighted by Crippen LogP contribution is -2.07. The number of ether oxygens (including phenoxy) is 1. The van der Waals surface area contributed by atoms with E-state index in [-0.39, 0.29) is 12.1 Å². The van der Waals surface area contributed by atoms with Crippen molar-refractivity contribution in [3.05, 3.63) is 8.96 Å². The Hall–Kier alpha value is 0.170. The molecule has 0 fully saturated rings. The minimum Gasteiger partial charge on any atom is -0.453 e. The molecule has 0 aliphatic carbocycles. The molecule has 1 unspecified atom stereocenters. The van der Waals surface area contributed by atoms with E-state index in [9.17, 15) is 4.79 Å². The number of cyclic esters (lactones) is 1. The summed E-state index contributed by atoms with van der Waals surface area (Å²) in [5.41, 5.74) is 0. The van der Waals surface area contributed by atoms with Crippen molar-refractivity contribution < 1.29 is 9.53 Å². The first-order valence-corrected chi connectivity index (χ1v) is 4.51. The highest BCUT2D eigenvalue weighted by atomic mass is 79.9. The standard InChI is InChI=1S/C6H6Br2O2/c1-2-3-4(7)5(8)6(9)10-3/h3H,2H2,1H3. The molecule has 0 saturated heterocycles. The fraction of sp³-hybridized carbons (Fsp3) is 0.500. The van der Waals surface area contributed by atoms with Crippen LogP contribution in [0.15, 0.2) is 8.96 Å². The van der Waals surface area contributed by atoms with Gasteiger partial charge in [0.1, 0.15) is 10.6 Å². The Kier molecular flexibility index (Phi) is 2.52. The van der Waals surface area contributed by atoms with Crippen molar-refractivity contribution in [2.45, 2.75) is 19.4 Å². The average Bonchev–Trinajstić information content (AvgIpc) is 2.17. The second kappa shape index (κ2) is 3.05. The largest absolute Gasteiger partial charge is 0.453 e. The third-order valence-electron chi connectivity index (χ3n) is 1.29. The van der Waals surface area contributed by atoms with Gasteiger partial charge < -0.3 is 4.74 Å². The first-order chi connectivity index (χ1) is 4.66. The van der Waals surface area contributed by atoms with Crippen LogP contribution in [0.5, 0.6) is 0 Å². The third kappa shape index (κ3) is 1.27. The van der Waals surface area contributed by atoms with E-state index in [4.69, 9.17) is 4.74 Å². The molecule has 0 aromatic carbocycles. The van der Waals surface area contributed by atoms with Crippen molar-refractivity contribution >= 4 is 37.8 Å². The summed E-state index contributed by atoms with van der Waals surface area (Å²) in [6, 6.07) is 0. The second-order valence-corrected chi connectivity index (χ2v) is 3.61. The number of carbonyl (C=O) groups excluding carboxylic acids is 1. The molecule has 1 atom stereocenters. The maximum Gasteiger partial charge on any atom is 0.346 e. The van der Waals surface area contributed by atoms with Crippen LogP contribution in [0.3, 0.4) is 0 Å². The molecule has 1 heterocycles. The molecule has 0 radical (unpaired) electrons. The molecule has 0 N–H and O–H groups in total. The first kappa shape index (κ1) is 8.27. The monoisotopic (exact) mass is 268 g/mol. The van der Waals surface area contributed by atoms with E-state index < -0.39 is 0 Å². The summed E-state index contributed by atoms with van der Waals surface area (Å²) in [5.74, 6) is -0.279. The zero-order valence-corrected chi connectivity index (χ0v) is 8.53. The van der Waals surface area contributed by atoms with Gasteiger partial charge in [-0.15, -0.1) is 0 Å². The smallest absolute Gasteiger partial charge is 0.346 e. The second-order valence-electron chi connectivity index (χ2n) is 1.96. The van der Waals surface area contributed by atoms with Crippen LogP contribution in [0, 0.1) is 0 Å². The number of esters is 1. The minimum absolute atomic E-state index is 0.0816. The lowest BCUT2D eigenvalue weighted by atomic mass is 10.3. The van der Waals surface area contributed by atoms with Gasteiger partial charge in [-0.2, -0.15) is 0 Å². The topological polar surface area (TPSA) is 26.3 Å². The number of hydrogen-bond donors (Lipinski definition) is 0. The lowest BCUT2D eigenvalue weighted by molar-refractivity contribution is -0.138. The van der Waals surface area contributed by atoms with Gasteiger partial charge in [-0.05, 0) is 22.4 Å². The Morgan fingerprint density at radius 1 is 1.60 bits per heavy atom. The van der Waals surface area contributed by atoms with Crippen molar-refractivity contribution in [3.8, 4) is 0 Å². The van der Waals surface area contributed by atoms with Crippen LogP contribution in [-0.2, 0) is 9.53 Å². The third-order valence-corrected chi connectivity index (χ3v) is 3.48. The molecule has 0 aromatic heterocycles. The van der Waals surface area contributed by atoms with E-state index >= 15 is 0 Å². The molecule has 4 heteroatoms. The molecule has 0 saturated carbocycles. The first-order valence-electron chi connectivity index (χ1n) is 2.93. The van der Waals surface area contributed by atoms with Gasteiger partial charge in [0.25, 0.3) is 0 Å². The number of carbonyl (C=O) groups is 1. The maximum absolute atomic E-state index is 10.8. The summed E-state index contributed by atoms with van der Waals surface area (Å²) in [6.07, 6.45) is 0.725. The molecule has 0 bridgehead atoms. The summed E-state index contributed by atoms with van der Waals surface area (Å²) in [6.45, 7) is 1.96. The maximum atomic E-state index is 10.8. The van der Waals surface area contributed by atoms with E-state index in [1.807, 2.05) is 6.92 Å². The van der Waals surface area contributed by atoms with E-state index in [1.165, 1.54) is 0 Å². The van der Waals surface area contributed by atoms with Crippen molar-refractivity contribution in [2.75, 3.05) is 0 Å². The molecule has 1 aliphatic rings. The molecule has 0 aromatic rings. The zero-order valence-electron chi connectivity index (χ0n) is 5.36. The van der Waals surface area contributed by atoms with Gasteiger partial charge >= 0.3 is 5.97 Å². The fourth-order valence-electron chi connectivity index (χ4n) is 0.734. The summed E-state index contributed by atoms with van der Waals surface area (Å²) >= 11 is 6.37. The van der Waals surface area contributed by atoms with Crippen molar-refractivity contribution in [2.24, 2.45) is 0 Å². The summed E-state index contributed by atoms with van der Waals surface area (Å²) < 4.78 is 6.26. The van der Waals surface area contributed by atoms with Crippen LogP contribution in [0.2, 0.25) is 0 Å². The normalized spacial score (nSPS) is 25.5. The van der Waals surface area contributed by atoms with E-state index in [0.717, 1.165) is 10.9 Å². The van der Waals surface area contributed by atoms with Gasteiger partial charge in [0.2, 0.25) is 0 Å². The summed E-state index contributed by atoms with van der Waals surface area (Å²) in [7, 11) is 0. The quantitative estimate of drug-likeness (QED) is 0.683. The van der Waals surface area contributed by atoms with Crippen LogP contribution in [0.4, 0.5) is 0 Å². The highest BCUT2D eigenvalue weighted by molar-refractivity contribution is 9.14. The number of halogens is 2. The Morgan fingerprint density at radius 2 is 2.20 bits per heavy atom. The Bertz CT molecular complexity index is 198. The predicted molar refractivity (Wildman–Crippen MR) is 45.1 cm³/mol. The molecule has 1 aliphatic heterocycles. The average molecular weight is 270 g/mol. The number of hydrogen-bond acceptors (Lipinski definition) is 2. The van der Waals surface area contributed by atoms with Crippen LogP contribution < -0.4 is 0 Å². The van der Waals surface area contributed by atoms with Gasteiger partial charge in [0.05, 0.1) is 4.48 Å². The van der Waals surface area contributed by atoms with Crippen LogP contribution in [0.25, 0.3) is 0 Å². The van der Waals surface area contributed by atoms with E-state index in [0.29, 0.717) is 4.48 Å². The molecule has 56 valence electrons.